The average Bonchev–Trinajstić information content (AvgIpc) is 2.28. The van der Waals surface area contributed by atoms with Crippen LogP contribution in [0.5, 0.6) is 0 Å². The molecule has 86 valence electrons. The molecule has 0 amide bonds. The van der Waals surface area contributed by atoms with Crippen molar-refractivity contribution in [2.24, 2.45) is 0 Å². The van der Waals surface area contributed by atoms with E-state index >= 15 is 0 Å². The molecule has 16 heavy (non-hydrogen) atoms. The minimum Gasteiger partial charge on any atom is -0.467 e. The molecule has 1 unspecified atom stereocenters. The van der Waals surface area contributed by atoms with Crippen LogP contribution in [0.4, 0.5) is 5.69 Å². The van der Waals surface area contributed by atoms with Gasteiger partial charge in [0.05, 0.1) is 7.11 Å². The Morgan fingerprint density at radius 2 is 2.25 bits per heavy atom. The van der Waals surface area contributed by atoms with Gasteiger partial charge in [-0.25, -0.2) is 4.79 Å². The molecule has 0 N–H and O–H groups in total. The number of hydrogen-bond acceptors (Lipinski definition) is 3. The monoisotopic (exact) mass is 219 g/mol. The number of likely N-dealkylation sites (N-methyl/N-ethyl adjacent to an activating group) is 1. The summed E-state index contributed by atoms with van der Waals surface area (Å²) >= 11 is 0. The van der Waals surface area contributed by atoms with Crippen molar-refractivity contribution in [3.63, 3.8) is 0 Å². The lowest BCUT2D eigenvalue weighted by molar-refractivity contribution is -0.142. The number of carbonyl (C=O) groups is 1. The zero-order valence-electron chi connectivity index (χ0n) is 9.99. The lowest BCUT2D eigenvalue weighted by Gasteiger charge is -2.34. The highest BCUT2D eigenvalue weighted by Gasteiger charge is 2.29. The fourth-order valence-electron chi connectivity index (χ4n) is 2.32. The van der Waals surface area contributed by atoms with Crippen LogP contribution in [0.1, 0.15) is 17.5 Å². The van der Waals surface area contributed by atoms with Gasteiger partial charge >= 0.3 is 5.97 Å². The summed E-state index contributed by atoms with van der Waals surface area (Å²) in [5.41, 5.74) is 3.73. The van der Waals surface area contributed by atoms with E-state index in [0.717, 1.165) is 18.5 Å². The van der Waals surface area contributed by atoms with Crippen LogP contribution >= 0.6 is 0 Å². The Bertz CT molecular complexity index is 414. The molecule has 1 aliphatic rings. The number of benzene rings is 1. The van der Waals surface area contributed by atoms with E-state index in [1.807, 2.05) is 11.9 Å². The highest BCUT2D eigenvalue weighted by atomic mass is 16.5. The predicted molar refractivity (Wildman–Crippen MR) is 63.7 cm³/mol. The van der Waals surface area contributed by atoms with Gasteiger partial charge in [0.1, 0.15) is 6.04 Å². The molecule has 0 fully saturated rings. The first-order valence-electron chi connectivity index (χ1n) is 5.53. The molecule has 1 aromatic carbocycles. The first-order valence-corrected chi connectivity index (χ1v) is 5.53. The molecular weight excluding hydrogens is 202 g/mol. The maximum atomic E-state index is 11.6. The molecule has 1 aromatic rings. The number of methoxy groups -OCH3 is 1. The third-order valence-corrected chi connectivity index (χ3v) is 3.24. The Kier molecular flexibility index (Phi) is 2.86. The number of fused-ring (bicyclic) bond motifs is 1. The van der Waals surface area contributed by atoms with Crippen molar-refractivity contribution in [1.82, 2.24) is 0 Å². The lowest BCUT2D eigenvalue weighted by atomic mass is 9.95. The van der Waals surface area contributed by atoms with E-state index in [9.17, 15) is 4.79 Å². The Hall–Kier alpha value is -1.51. The summed E-state index contributed by atoms with van der Waals surface area (Å²) in [5, 5.41) is 0. The second-order valence-electron chi connectivity index (χ2n) is 4.32. The number of hydrogen-bond donors (Lipinski definition) is 0. The number of aryl methyl sites for hydroxylation is 2. The summed E-state index contributed by atoms with van der Waals surface area (Å²) in [6.45, 7) is 2.09. The van der Waals surface area contributed by atoms with Gasteiger partial charge in [0.2, 0.25) is 0 Å². The molecular formula is C13H17NO2. The quantitative estimate of drug-likeness (QED) is 0.676. The zero-order valence-corrected chi connectivity index (χ0v) is 9.99. The van der Waals surface area contributed by atoms with Crippen LogP contribution in [0.2, 0.25) is 0 Å². The minimum absolute atomic E-state index is 0.139. The Labute approximate surface area is 96.0 Å². The van der Waals surface area contributed by atoms with Crippen molar-refractivity contribution < 1.29 is 9.53 Å². The molecule has 3 nitrogen and oxygen atoms in total. The fraction of sp³-hybridized carbons (Fsp3) is 0.462. The van der Waals surface area contributed by atoms with E-state index in [1.54, 1.807) is 0 Å². The van der Waals surface area contributed by atoms with Gasteiger partial charge in [-0.1, -0.05) is 17.7 Å². The number of ether oxygens (including phenoxy) is 1. The molecule has 0 radical (unpaired) electrons. The molecule has 0 saturated carbocycles. The van der Waals surface area contributed by atoms with Gasteiger partial charge in [0.15, 0.2) is 0 Å². The molecule has 0 saturated heterocycles. The van der Waals surface area contributed by atoms with Gasteiger partial charge in [-0.3, -0.25) is 0 Å². The van der Waals surface area contributed by atoms with Crippen LogP contribution in [-0.2, 0) is 16.0 Å². The van der Waals surface area contributed by atoms with Crippen LogP contribution in [-0.4, -0.2) is 26.2 Å². The molecule has 0 bridgehead atoms. The molecule has 1 aliphatic heterocycles. The number of nitrogens with zero attached hydrogens (tertiary/aromatic N) is 1. The Morgan fingerprint density at radius 1 is 1.50 bits per heavy atom. The van der Waals surface area contributed by atoms with Gasteiger partial charge in [-0.2, -0.15) is 0 Å². The zero-order chi connectivity index (χ0) is 11.7. The maximum absolute atomic E-state index is 11.6. The maximum Gasteiger partial charge on any atom is 0.328 e. The third kappa shape index (κ3) is 1.77. The Morgan fingerprint density at radius 3 is 2.94 bits per heavy atom. The van der Waals surface area contributed by atoms with Crippen LogP contribution in [0.15, 0.2) is 18.2 Å². The highest BCUT2D eigenvalue weighted by molar-refractivity contribution is 5.81. The number of rotatable bonds is 1. The molecule has 0 spiro atoms. The van der Waals surface area contributed by atoms with Gasteiger partial charge in [0.25, 0.3) is 0 Å². The van der Waals surface area contributed by atoms with Crippen LogP contribution in [0.25, 0.3) is 0 Å². The first-order chi connectivity index (χ1) is 7.63. The average molecular weight is 219 g/mol. The molecule has 2 rings (SSSR count). The molecule has 0 aliphatic carbocycles. The first kappa shape index (κ1) is 11.0. The Balaban J connectivity index is 2.32. The third-order valence-electron chi connectivity index (χ3n) is 3.24. The molecule has 0 aromatic heterocycles. The normalized spacial score (nSPS) is 19.2. The summed E-state index contributed by atoms with van der Waals surface area (Å²) in [7, 11) is 3.40. The van der Waals surface area contributed by atoms with E-state index in [1.165, 1.54) is 18.2 Å². The second-order valence-corrected chi connectivity index (χ2v) is 4.32. The van der Waals surface area contributed by atoms with Gasteiger partial charge < -0.3 is 9.64 Å². The largest absolute Gasteiger partial charge is 0.467 e. The summed E-state index contributed by atoms with van der Waals surface area (Å²) < 4.78 is 4.82. The van der Waals surface area contributed by atoms with Gasteiger partial charge in [-0.05, 0) is 31.4 Å². The topological polar surface area (TPSA) is 29.5 Å². The van der Waals surface area contributed by atoms with Gasteiger partial charge in [0, 0.05) is 12.7 Å². The number of carbonyl (C=O) groups excluding carboxylic acids is 1. The number of esters is 1. The summed E-state index contributed by atoms with van der Waals surface area (Å²) in [5.74, 6) is -0.145. The van der Waals surface area contributed by atoms with Crippen LogP contribution < -0.4 is 4.90 Å². The van der Waals surface area contributed by atoms with E-state index in [2.05, 4.69) is 25.1 Å². The van der Waals surface area contributed by atoms with Crippen molar-refractivity contribution in [1.29, 1.82) is 0 Å². The smallest absolute Gasteiger partial charge is 0.328 e. The van der Waals surface area contributed by atoms with Crippen molar-refractivity contribution in [2.45, 2.75) is 25.8 Å². The summed E-state index contributed by atoms with van der Waals surface area (Å²) in [4.78, 5) is 13.6. The standard InChI is InChI=1S/C13H17NO2/c1-9-4-6-11-10(8-9)5-7-12(14(11)2)13(15)16-3/h4,6,8,12H,5,7H2,1-3H3. The van der Waals surface area contributed by atoms with Crippen LogP contribution in [0, 0.1) is 6.92 Å². The lowest BCUT2D eigenvalue weighted by Crippen LogP contribution is -2.42. The van der Waals surface area contributed by atoms with E-state index in [4.69, 9.17) is 4.74 Å². The van der Waals surface area contributed by atoms with E-state index in [0.29, 0.717) is 0 Å². The van der Waals surface area contributed by atoms with Crippen molar-refractivity contribution in [3.8, 4) is 0 Å². The van der Waals surface area contributed by atoms with Gasteiger partial charge in [-0.15, -0.1) is 0 Å². The predicted octanol–water partition coefficient (Wildman–Crippen LogP) is 1.92. The summed E-state index contributed by atoms with van der Waals surface area (Å²) in [6, 6.07) is 6.22. The second kappa shape index (κ2) is 4.16. The van der Waals surface area contributed by atoms with Crippen molar-refractivity contribution in [2.75, 3.05) is 19.1 Å². The molecule has 1 atom stereocenters. The fourth-order valence-corrected chi connectivity index (χ4v) is 2.32. The summed E-state index contributed by atoms with van der Waals surface area (Å²) in [6.07, 6.45) is 1.78. The molecule has 3 heteroatoms. The SMILES string of the molecule is COC(=O)C1CCc2cc(C)ccc2N1C. The number of anilines is 1. The van der Waals surface area contributed by atoms with E-state index in [-0.39, 0.29) is 12.0 Å². The molecule has 1 heterocycles. The van der Waals surface area contributed by atoms with Crippen molar-refractivity contribution >= 4 is 11.7 Å². The minimum atomic E-state index is -0.145. The van der Waals surface area contributed by atoms with E-state index < -0.39 is 0 Å². The highest BCUT2D eigenvalue weighted by Crippen LogP contribution is 2.30. The van der Waals surface area contributed by atoms with Crippen molar-refractivity contribution in [3.05, 3.63) is 29.3 Å². The van der Waals surface area contributed by atoms with Crippen LogP contribution in [0.3, 0.4) is 0 Å².